The summed E-state index contributed by atoms with van der Waals surface area (Å²) < 4.78 is 31.0. The number of pyridine rings is 1. The first-order valence-corrected chi connectivity index (χ1v) is 10.6. The number of nitrogens with zero attached hydrogens (tertiary/aromatic N) is 3. The fraction of sp³-hybridized carbons (Fsp3) is 0.300. The third-order valence-electron chi connectivity index (χ3n) is 5.14. The lowest BCUT2D eigenvalue weighted by atomic mass is 9.76. The summed E-state index contributed by atoms with van der Waals surface area (Å²) in [6.45, 7) is 1.77. The van der Waals surface area contributed by atoms with Crippen molar-refractivity contribution in [3.05, 3.63) is 72.3 Å². The van der Waals surface area contributed by atoms with Crippen LogP contribution in [0, 0.1) is 12.8 Å². The molecule has 7 nitrogen and oxygen atoms in total. The molecule has 0 aliphatic heterocycles. The lowest BCUT2D eigenvalue weighted by Crippen LogP contribution is -2.41. The third-order valence-corrected chi connectivity index (χ3v) is 6.72. The summed E-state index contributed by atoms with van der Waals surface area (Å²) in [7, 11) is -3.80. The second-order valence-electron chi connectivity index (χ2n) is 7.14. The maximum absolute atomic E-state index is 13.3. The monoisotopic (exact) mass is 398 g/mol. The van der Waals surface area contributed by atoms with E-state index in [-0.39, 0.29) is 16.9 Å². The van der Waals surface area contributed by atoms with Crippen LogP contribution in [0.1, 0.15) is 30.1 Å². The van der Waals surface area contributed by atoms with Gasteiger partial charge < -0.3 is 5.11 Å². The molecule has 1 aliphatic carbocycles. The van der Waals surface area contributed by atoms with Gasteiger partial charge in [-0.3, -0.25) is 4.98 Å². The van der Waals surface area contributed by atoms with Crippen LogP contribution < -0.4 is 4.72 Å². The van der Waals surface area contributed by atoms with Crippen molar-refractivity contribution in [3.8, 4) is 5.69 Å². The molecule has 3 aromatic rings. The van der Waals surface area contributed by atoms with Gasteiger partial charge in [-0.05, 0) is 61.6 Å². The van der Waals surface area contributed by atoms with Crippen molar-refractivity contribution in [2.24, 2.45) is 5.92 Å². The molecule has 4 rings (SSSR count). The molecule has 2 N–H and O–H groups in total. The second-order valence-corrected chi connectivity index (χ2v) is 8.82. The molecule has 0 bridgehead atoms. The summed E-state index contributed by atoms with van der Waals surface area (Å²) in [6.07, 6.45) is 5.78. The third kappa shape index (κ3) is 3.71. The van der Waals surface area contributed by atoms with Gasteiger partial charge in [0, 0.05) is 18.6 Å². The smallest absolute Gasteiger partial charge is 0.241 e. The molecule has 0 spiro atoms. The number of aromatic nitrogens is 3. The van der Waals surface area contributed by atoms with Crippen molar-refractivity contribution in [1.29, 1.82) is 0 Å². The number of nitrogens with one attached hydrogen (secondary N) is 1. The van der Waals surface area contributed by atoms with E-state index in [0.29, 0.717) is 29.8 Å². The Bertz CT molecular complexity index is 1050. The number of hydrogen-bond acceptors (Lipinski definition) is 5. The van der Waals surface area contributed by atoms with E-state index in [1.165, 1.54) is 0 Å². The molecule has 1 saturated carbocycles. The first-order chi connectivity index (χ1) is 13.4. The van der Waals surface area contributed by atoms with Crippen molar-refractivity contribution in [1.82, 2.24) is 19.5 Å². The SMILES string of the molecule is Cc1ccc(-n2cccn2)cc1S(=O)(=O)N[C@H](c1ccccn1)C1CC(O)C1. The molecule has 0 radical (unpaired) electrons. The van der Waals surface area contributed by atoms with Crippen molar-refractivity contribution >= 4 is 10.0 Å². The van der Waals surface area contributed by atoms with Crippen molar-refractivity contribution in [2.75, 3.05) is 0 Å². The molecule has 1 atom stereocenters. The van der Waals surface area contributed by atoms with Crippen LogP contribution in [0.25, 0.3) is 5.69 Å². The number of aliphatic hydroxyl groups excluding tert-OH is 1. The molecule has 1 fully saturated rings. The summed E-state index contributed by atoms with van der Waals surface area (Å²) in [6, 6.07) is 12.0. The normalized spacial score (nSPS) is 20.5. The fourth-order valence-electron chi connectivity index (χ4n) is 3.53. The summed E-state index contributed by atoms with van der Waals surface area (Å²) in [5.41, 5.74) is 1.98. The van der Waals surface area contributed by atoms with Gasteiger partial charge in [-0.15, -0.1) is 0 Å². The Morgan fingerprint density at radius 3 is 2.64 bits per heavy atom. The predicted molar refractivity (Wildman–Crippen MR) is 104 cm³/mol. The Morgan fingerprint density at radius 2 is 2.00 bits per heavy atom. The van der Waals surface area contributed by atoms with Crippen LogP contribution in [0.15, 0.2) is 66.0 Å². The minimum absolute atomic E-state index is 0.00859. The molecule has 1 aromatic carbocycles. The average molecular weight is 398 g/mol. The standard InChI is InChI=1S/C20H22N4O3S/c1-14-6-7-16(24-10-4-9-22-24)13-19(14)28(26,27)23-20(15-11-17(25)12-15)18-5-2-3-8-21-18/h2-10,13,15,17,20,23,25H,11-12H2,1H3/t15?,17?,20-/m0/s1. The maximum atomic E-state index is 13.3. The molecule has 28 heavy (non-hydrogen) atoms. The molecule has 2 heterocycles. The van der Waals surface area contributed by atoms with Crippen molar-refractivity contribution in [2.45, 2.75) is 36.8 Å². The first-order valence-electron chi connectivity index (χ1n) is 9.16. The van der Waals surface area contributed by atoms with Crippen LogP contribution in [0.5, 0.6) is 0 Å². The number of aliphatic hydroxyl groups is 1. The van der Waals surface area contributed by atoms with Gasteiger partial charge in [-0.2, -0.15) is 5.10 Å². The van der Waals surface area contributed by atoms with Gasteiger partial charge in [0.1, 0.15) is 0 Å². The Morgan fingerprint density at radius 1 is 1.18 bits per heavy atom. The van der Waals surface area contributed by atoms with Gasteiger partial charge in [0.05, 0.1) is 28.4 Å². The van der Waals surface area contributed by atoms with Crippen LogP contribution >= 0.6 is 0 Å². The van der Waals surface area contributed by atoms with Crippen LogP contribution in [-0.4, -0.2) is 34.4 Å². The Hall–Kier alpha value is -2.55. The topological polar surface area (TPSA) is 97.1 Å². The van der Waals surface area contributed by atoms with Crippen LogP contribution in [-0.2, 0) is 10.0 Å². The minimum atomic E-state index is -3.80. The van der Waals surface area contributed by atoms with E-state index in [9.17, 15) is 13.5 Å². The zero-order valence-electron chi connectivity index (χ0n) is 15.4. The minimum Gasteiger partial charge on any atom is -0.393 e. The largest absolute Gasteiger partial charge is 0.393 e. The maximum Gasteiger partial charge on any atom is 0.241 e. The highest BCUT2D eigenvalue weighted by Gasteiger charge is 2.38. The lowest BCUT2D eigenvalue weighted by molar-refractivity contribution is 0.0273. The van der Waals surface area contributed by atoms with Crippen molar-refractivity contribution < 1.29 is 13.5 Å². The van der Waals surface area contributed by atoms with Gasteiger partial charge >= 0.3 is 0 Å². The molecule has 8 heteroatoms. The highest BCUT2D eigenvalue weighted by molar-refractivity contribution is 7.89. The van der Waals surface area contributed by atoms with E-state index in [4.69, 9.17) is 0 Å². The van der Waals surface area contributed by atoms with Gasteiger partial charge in [0.2, 0.25) is 10.0 Å². The number of benzene rings is 1. The predicted octanol–water partition coefficient (Wildman–Crippen LogP) is 2.37. The van der Waals surface area contributed by atoms with Gasteiger partial charge in [-0.1, -0.05) is 12.1 Å². The molecule has 146 valence electrons. The molecular formula is C20H22N4O3S. The molecule has 0 amide bonds. The van der Waals surface area contributed by atoms with E-state index in [2.05, 4.69) is 14.8 Å². The number of rotatable bonds is 6. The summed E-state index contributed by atoms with van der Waals surface area (Å²) in [5, 5.41) is 13.9. The van der Waals surface area contributed by atoms with Crippen molar-refractivity contribution in [3.63, 3.8) is 0 Å². The van der Waals surface area contributed by atoms with E-state index in [0.717, 1.165) is 0 Å². The van der Waals surface area contributed by atoms with E-state index >= 15 is 0 Å². The Balaban J connectivity index is 1.68. The lowest BCUT2D eigenvalue weighted by Gasteiger charge is -2.37. The molecule has 0 saturated heterocycles. The first kappa shape index (κ1) is 18.8. The van der Waals surface area contributed by atoms with Gasteiger partial charge in [-0.25, -0.2) is 17.8 Å². The van der Waals surface area contributed by atoms with Crippen LogP contribution in [0.3, 0.4) is 0 Å². The summed E-state index contributed by atoms with van der Waals surface area (Å²) in [4.78, 5) is 4.55. The van der Waals surface area contributed by atoms with Gasteiger partial charge in [0.15, 0.2) is 0 Å². The fourth-order valence-corrected chi connectivity index (χ4v) is 5.08. The van der Waals surface area contributed by atoms with E-state index in [1.54, 1.807) is 54.5 Å². The Kier molecular flexibility index (Phi) is 5.01. The van der Waals surface area contributed by atoms with Crippen LogP contribution in [0.4, 0.5) is 0 Å². The number of hydrogen-bond donors (Lipinski definition) is 2. The molecule has 0 unspecified atom stereocenters. The Labute approximate surface area is 164 Å². The summed E-state index contributed by atoms with van der Waals surface area (Å²) in [5.74, 6) is 0.00859. The average Bonchev–Trinajstić information content (AvgIpc) is 3.19. The number of aryl methyl sites for hydroxylation is 1. The summed E-state index contributed by atoms with van der Waals surface area (Å²) >= 11 is 0. The quantitative estimate of drug-likeness (QED) is 0.664. The van der Waals surface area contributed by atoms with Crippen LogP contribution in [0.2, 0.25) is 0 Å². The zero-order chi connectivity index (χ0) is 19.7. The molecule has 1 aliphatic rings. The van der Waals surface area contributed by atoms with Gasteiger partial charge in [0.25, 0.3) is 0 Å². The molecular weight excluding hydrogens is 376 g/mol. The second kappa shape index (κ2) is 7.46. The highest BCUT2D eigenvalue weighted by Crippen LogP contribution is 2.38. The number of sulfonamides is 1. The van der Waals surface area contributed by atoms with E-state index < -0.39 is 16.1 Å². The highest BCUT2D eigenvalue weighted by atomic mass is 32.2. The van der Waals surface area contributed by atoms with E-state index in [1.807, 2.05) is 18.2 Å². The zero-order valence-corrected chi connectivity index (χ0v) is 16.2. The molecule has 2 aromatic heterocycles.